The number of amides is 3. The van der Waals surface area contributed by atoms with Crippen LogP contribution in [0.3, 0.4) is 0 Å². The molecule has 2 aromatic carbocycles. The summed E-state index contributed by atoms with van der Waals surface area (Å²) < 4.78 is 0. The standard InChI is InChI=1S/C22H25ClN4O3/c1-16(28)24-14-17-6-8-18(9-7-17)22(30)27-12-10-26(11-13-27)15-21(29)25-20-5-3-2-4-19(20)23/h2-9H,10-15H2,1H3,(H,24,28)(H,25,29). The van der Waals surface area contributed by atoms with Crippen molar-refractivity contribution in [3.8, 4) is 0 Å². The molecule has 30 heavy (non-hydrogen) atoms. The number of carbonyl (C=O) groups excluding carboxylic acids is 3. The summed E-state index contributed by atoms with van der Waals surface area (Å²) in [6.07, 6.45) is 0. The van der Waals surface area contributed by atoms with Gasteiger partial charge in [-0.25, -0.2) is 0 Å². The van der Waals surface area contributed by atoms with Gasteiger partial charge in [-0.15, -0.1) is 0 Å². The van der Waals surface area contributed by atoms with Crippen LogP contribution in [0.4, 0.5) is 5.69 Å². The fourth-order valence-corrected chi connectivity index (χ4v) is 3.42. The average molecular weight is 429 g/mol. The van der Waals surface area contributed by atoms with Gasteiger partial charge >= 0.3 is 0 Å². The molecule has 1 aliphatic rings. The van der Waals surface area contributed by atoms with E-state index in [4.69, 9.17) is 11.6 Å². The van der Waals surface area contributed by atoms with E-state index in [0.717, 1.165) is 5.56 Å². The molecule has 7 nitrogen and oxygen atoms in total. The molecule has 0 saturated carbocycles. The second-order valence-electron chi connectivity index (χ2n) is 7.20. The Balaban J connectivity index is 1.46. The third kappa shape index (κ3) is 6.05. The molecule has 8 heteroatoms. The summed E-state index contributed by atoms with van der Waals surface area (Å²) in [5.41, 5.74) is 2.16. The maximum atomic E-state index is 12.7. The summed E-state index contributed by atoms with van der Waals surface area (Å²) in [5.74, 6) is -0.243. The minimum atomic E-state index is -0.127. The molecule has 3 rings (SSSR count). The molecule has 0 atom stereocenters. The molecule has 1 saturated heterocycles. The number of anilines is 1. The molecular weight excluding hydrogens is 404 g/mol. The molecule has 1 fully saturated rings. The highest BCUT2D eigenvalue weighted by Gasteiger charge is 2.23. The van der Waals surface area contributed by atoms with E-state index in [0.29, 0.717) is 49.0 Å². The SMILES string of the molecule is CC(=O)NCc1ccc(C(=O)N2CCN(CC(=O)Nc3ccccc3Cl)CC2)cc1. The van der Waals surface area contributed by atoms with Crippen LogP contribution in [-0.4, -0.2) is 60.2 Å². The highest BCUT2D eigenvalue weighted by atomic mass is 35.5. The van der Waals surface area contributed by atoms with Gasteiger partial charge in [0.05, 0.1) is 17.3 Å². The quantitative estimate of drug-likeness (QED) is 0.740. The van der Waals surface area contributed by atoms with Crippen molar-refractivity contribution in [3.63, 3.8) is 0 Å². The Morgan fingerprint density at radius 3 is 2.27 bits per heavy atom. The number of piperazine rings is 1. The lowest BCUT2D eigenvalue weighted by Gasteiger charge is -2.34. The lowest BCUT2D eigenvalue weighted by atomic mass is 10.1. The molecule has 158 valence electrons. The maximum Gasteiger partial charge on any atom is 0.253 e. The van der Waals surface area contributed by atoms with Gasteiger partial charge in [-0.05, 0) is 29.8 Å². The van der Waals surface area contributed by atoms with Crippen LogP contribution in [0, 0.1) is 0 Å². The number of carbonyl (C=O) groups is 3. The van der Waals surface area contributed by atoms with E-state index in [9.17, 15) is 14.4 Å². The van der Waals surface area contributed by atoms with Crippen LogP contribution in [0.2, 0.25) is 5.02 Å². The van der Waals surface area contributed by atoms with Crippen molar-refractivity contribution in [3.05, 3.63) is 64.7 Å². The number of halogens is 1. The van der Waals surface area contributed by atoms with Crippen molar-refractivity contribution >= 4 is 35.0 Å². The topological polar surface area (TPSA) is 81.8 Å². The average Bonchev–Trinajstić information content (AvgIpc) is 2.74. The van der Waals surface area contributed by atoms with Gasteiger partial charge in [-0.1, -0.05) is 35.9 Å². The van der Waals surface area contributed by atoms with E-state index in [1.165, 1.54) is 6.92 Å². The first kappa shape index (κ1) is 21.8. The molecule has 0 radical (unpaired) electrons. The minimum Gasteiger partial charge on any atom is -0.352 e. The molecular formula is C22H25ClN4O3. The van der Waals surface area contributed by atoms with Crippen LogP contribution >= 0.6 is 11.6 Å². The third-order valence-electron chi connectivity index (χ3n) is 4.92. The van der Waals surface area contributed by atoms with Gasteiger partial charge in [0.25, 0.3) is 5.91 Å². The van der Waals surface area contributed by atoms with Gasteiger partial charge in [0, 0.05) is 45.2 Å². The molecule has 0 bridgehead atoms. The van der Waals surface area contributed by atoms with Crippen LogP contribution in [-0.2, 0) is 16.1 Å². The Hall–Kier alpha value is -2.90. The Morgan fingerprint density at radius 1 is 0.967 bits per heavy atom. The molecule has 0 unspecified atom stereocenters. The van der Waals surface area contributed by atoms with Crippen LogP contribution in [0.25, 0.3) is 0 Å². The van der Waals surface area contributed by atoms with Crippen molar-refractivity contribution in [2.45, 2.75) is 13.5 Å². The summed E-state index contributed by atoms with van der Waals surface area (Å²) in [4.78, 5) is 39.8. The number of hydrogen-bond donors (Lipinski definition) is 2. The Kier molecular flexibility index (Phi) is 7.43. The molecule has 1 heterocycles. The second kappa shape index (κ2) is 10.2. The van der Waals surface area contributed by atoms with Gasteiger partial charge in [0.1, 0.15) is 0 Å². The molecule has 2 aromatic rings. The van der Waals surface area contributed by atoms with E-state index in [1.807, 2.05) is 29.2 Å². The number of hydrogen-bond acceptors (Lipinski definition) is 4. The summed E-state index contributed by atoms with van der Waals surface area (Å²) in [6.45, 7) is 4.55. The number of nitrogens with one attached hydrogen (secondary N) is 2. The zero-order valence-corrected chi connectivity index (χ0v) is 17.6. The second-order valence-corrected chi connectivity index (χ2v) is 7.61. The number of rotatable bonds is 6. The van der Waals surface area contributed by atoms with E-state index in [1.54, 1.807) is 29.2 Å². The highest BCUT2D eigenvalue weighted by molar-refractivity contribution is 6.33. The van der Waals surface area contributed by atoms with Crippen molar-refractivity contribution in [1.82, 2.24) is 15.1 Å². The molecule has 0 aromatic heterocycles. The predicted molar refractivity (Wildman–Crippen MR) is 116 cm³/mol. The van der Waals surface area contributed by atoms with E-state index in [-0.39, 0.29) is 24.3 Å². The van der Waals surface area contributed by atoms with E-state index in [2.05, 4.69) is 10.6 Å². The maximum absolute atomic E-state index is 12.7. The molecule has 0 spiro atoms. The fraction of sp³-hybridized carbons (Fsp3) is 0.318. The smallest absolute Gasteiger partial charge is 0.253 e. The zero-order valence-electron chi connectivity index (χ0n) is 16.9. The van der Waals surface area contributed by atoms with Gasteiger partial charge in [-0.2, -0.15) is 0 Å². The summed E-state index contributed by atoms with van der Waals surface area (Å²) in [7, 11) is 0. The van der Waals surface area contributed by atoms with Gasteiger partial charge in [-0.3, -0.25) is 19.3 Å². The van der Waals surface area contributed by atoms with Crippen molar-refractivity contribution in [2.24, 2.45) is 0 Å². The number of para-hydroxylation sites is 1. The monoisotopic (exact) mass is 428 g/mol. The molecule has 1 aliphatic heterocycles. The summed E-state index contributed by atoms with van der Waals surface area (Å²) >= 11 is 6.07. The van der Waals surface area contributed by atoms with Crippen LogP contribution in [0.15, 0.2) is 48.5 Å². The number of nitrogens with zero attached hydrogens (tertiary/aromatic N) is 2. The molecule has 2 N–H and O–H groups in total. The highest BCUT2D eigenvalue weighted by Crippen LogP contribution is 2.20. The minimum absolute atomic E-state index is 0.0266. The number of benzene rings is 2. The van der Waals surface area contributed by atoms with E-state index >= 15 is 0 Å². The van der Waals surface area contributed by atoms with Crippen LogP contribution < -0.4 is 10.6 Å². The first-order valence-corrected chi connectivity index (χ1v) is 10.2. The Bertz CT molecular complexity index is 909. The summed E-state index contributed by atoms with van der Waals surface area (Å²) in [5, 5.41) is 6.06. The molecule has 3 amide bonds. The lowest BCUT2D eigenvalue weighted by molar-refractivity contribution is -0.119. The van der Waals surface area contributed by atoms with Crippen molar-refractivity contribution in [1.29, 1.82) is 0 Å². The summed E-state index contributed by atoms with van der Waals surface area (Å²) in [6, 6.07) is 14.4. The first-order chi connectivity index (χ1) is 14.4. The first-order valence-electron chi connectivity index (χ1n) is 9.82. The lowest BCUT2D eigenvalue weighted by Crippen LogP contribution is -2.50. The van der Waals surface area contributed by atoms with Crippen molar-refractivity contribution < 1.29 is 14.4 Å². The fourth-order valence-electron chi connectivity index (χ4n) is 3.24. The van der Waals surface area contributed by atoms with E-state index < -0.39 is 0 Å². The van der Waals surface area contributed by atoms with Gasteiger partial charge in [0.2, 0.25) is 11.8 Å². The normalized spacial score (nSPS) is 14.3. The Morgan fingerprint density at radius 2 is 1.63 bits per heavy atom. The predicted octanol–water partition coefficient (Wildman–Crippen LogP) is 2.37. The van der Waals surface area contributed by atoms with Crippen LogP contribution in [0.1, 0.15) is 22.8 Å². The Labute approximate surface area is 181 Å². The van der Waals surface area contributed by atoms with Crippen LogP contribution in [0.5, 0.6) is 0 Å². The van der Waals surface area contributed by atoms with Gasteiger partial charge in [0.15, 0.2) is 0 Å². The zero-order chi connectivity index (χ0) is 21.5. The largest absolute Gasteiger partial charge is 0.352 e. The third-order valence-corrected chi connectivity index (χ3v) is 5.25. The van der Waals surface area contributed by atoms with Crippen molar-refractivity contribution in [2.75, 3.05) is 38.0 Å². The molecule has 0 aliphatic carbocycles. The van der Waals surface area contributed by atoms with Gasteiger partial charge < -0.3 is 15.5 Å².